The van der Waals surface area contributed by atoms with E-state index in [0.717, 1.165) is 30.6 Å². The molecule has 0 saturated carbocycles. The summed E-state index contributed by atoms with van der Waals surface area (Å²) in [6.07, 6.45) is 2.15. The number of hydrogen-bond donors (Lipinski definition) is 1. The Labute approximate surface area is 106 Å². The fraction of sp³-hybridized carbons (Fsp3) is 0.267. The van der Waals surface area contributed by atoms with E-state index in [4.69, 9.17) is 0 Å². The van der Waals surface area contributed by atoms with Crippen molar-refractivity contribution in [1.29, 1.82) is 0 Å². The summed E-state index contributed by atoms with van der Waals surface area (Å²) in [5, 5.41) is 2.95. The molecule has 2 aromatic rings. The van der Waals surface area contributed by atoms with Crippen LogP contribution in [0.4, 0.5) is 5.69 Å². The first kappa shape index (κ1) is 11.1. The molecule has 1 aliphatic rings. The zero-order chi connectivity index (χ0) is 12.5. The minimum Gasteiger partial charge on any atom is -0.348 e. The third-order valence-electron chi connectivity index (χ3n) is 3.49. The number of anilines is 1. The van der Waals surface area contributed by atoms with Gasteiger partial charge in [-0.1, -0.05) is 18.2 Å². The minimum absolute atomic E-state index is 0.0000463. The van der Waals surface area contributed by atoms with Crippen molar-refractivity contribution in [2.45, 2.75) is 26.3 Å². The second kappa shape index (κ2) is 4.33. The highest BCUT2D eigenvalue weighted by molar-refractivity contribution is 6.05. The van der Waals surface area contributed by atoms with Crippen molar-refractivity contribution >= 4 is 11.6 Å². The molecular formula is C15H16N2O. The van der Waals surface area contributed by atoms with Gasteiger partial charge in [-0.25, -0.2) is 0 Å². The smallest absolute Gasteiger partial charge is 0.257 e. The average molecular weight is 240 g/mol. The highest BCUT2D eigenvalue weighted by atomic mass is 16.1. The van der Waals surface area contributed by atoms with Gasteiger partial charge in [0.1, 0.15) is 0 Å². The second-order valence-corrected chi connectivity index (χ2v) is 4.72. The molecule has 92 valence electrons. The van der Waals surface area contributed by atoms with Crippen LogP contribution in [-0.4, -0.2) is 10.5 Å². The van der Waals surface area contributed by atoms with E-state index in [1.165, 1.54) is 11.4 Å². The van der Waals surface area contributed by atoms with Gasteiger partial charge >= 0.3 is 0 Å². The third-order valence-corrected chi connectivity index (χ3v) is 3.49. The number of rotatable bonds is 2. The van der Waals surface area contributed by atoms with Gasteiger partial charge in [0.25, 0.3) is 5.91 Å². The molecule has 0 radical (unpaired) electrons. The molecule has 2 heterocycles. The van der Waals surface area contributed by atoms with Crippen molar-refractivity contribution in [3.8, 4) is 0 Å². The van der Waals surface area contributed by atoms with Gasteiger partial charge in [0.05, 0.1) is 5.56 Å². The summed E-state index contributed by atoms with van der Waals surface area (Å²) in [6, 6.07) is 11.6. The standard InChI is InChI=1S/C15H16N2O/c1-11-10-13(14-8-5-9-17(11)14)15(18)16-12-6-3-2-4-7-12/h2-4,6-7,10H,5,8-9H2,1H3,(H,16,18). The summed E-state index contributed by atoms with van der Waals surface area (Å²) in [5.74, 6) is -0.0000463. The van der Waals surface area contributed by atoms with Crippen LogP contribution < -0.4 is 5.32 Å². The van der Waals surface area contributed by atoms with Gasteiger partial charge in [-0.05, 0) is 38.0 Å². The highest BCUT2D eigenvalue weighted by Crippen LogP contribution is 2.24. The van der Waals surface area contributed by atoms with Crippen LogP contribution >= 0.6 is 0 Å². The molecule has 18 heavy (non-hydrogen) atoms. The summed E-state index contributed by atoms with van der Waals surface area (Å²) in [5.41, 5.74) is 4.04. The van der Waals surface area contributed by atoms with Crippen LogP contribution in [-0.2, 0) is 13.0 Å². The monoisotopic (exact) mass is 240 g/mol. The number of aromatic nitrogens is 1. The Morgan fingerprint density at radius 3 is 2.83 bits per heavy atom. The number of benzene rings is 1. The predicted molar refractivity (Wildman–Crippen MR) is 71.9 cm³/mol. The van der Waals surface area contributed by atoms with Crippen molar-refractivity contribution in [1.82, 2.24) is 4.57 Å². The van der Waals surface area contributed by atoms with Crippen molar-refractivity contribution < 1.29 is 4.79 Å². The number of carbonyl (C=O) groups excluding carboxylic acids is 1. The molecule has 1 aromatic carbocycles. The zero-order valence-electron chi connectivity index (χ0n) is 10.4. The maximum absolute atomic E-state index is 12.3. The molecule has 0 saturated heterocycles. The molecule has 0 bridgehead atoms. The van der Waals surface area contributed by atoms with E-state index < -0.39 is 0 Å². The number of amides is 1. The quantitative estimate of drug-likeness (QED) is 0.860. The lowest BCUT2D eigenvalue weighted by atomic mass is 10.1. The minimum atomic E-state index is -0.0000463. The van der Waals surface area contributed by atoms with E-state index in [1.54, 1.807) is 0 Å². The van der Waals surface area contributed by atoms with Gasteiger partial charge in [0, 0.05) is 23.6 Å². The van der Waals surface area contributed by atoms with Gasteiger partial charge in [-0.2, -0.15) is 0 Å². The van der Waals surface area contributed by atoms with Gasteiger partial charge in [0.15, 0.2) is 0 Å². The molecule has 0 unspecified atom stereocenters. The summed E-state index contributed by atoms with van der Waals surface area (Å²) < 4.78 is 2.25. The van der Waals surface area contributed by atoms with E-state index >= 15 is 0 Å². The first-order valence-corrected chi connectivity index (χ1v) is 6.31. The van der Waals surface area contributed by atoms with Crippen molar-refractivity contribution in [3.05, 3.63) is 53.3 Å². The van der Waals surface area contributed by atoms with Crippen molar-refractivity contribution in [2.75, 3.05) is 5.32 Å². The number of nitrogens with zero attached hydrogens (tertiary/aromatic N) is 1. The second-order valence-electron chi connectivity index (χ2n) is 4.72. The summed E-state index contributed by atoms with van der Waals surface area (Å²) >= 11 is 0. The van der Waals surface area contributed by atoms with E-state index in [-0.39, 0.29) is 5.91 Å². The van der Waals surface area contributed by atoms with Gasteiger partial charge in [-0.3, -0.25) is 4.79 Å². The first-order chi connectivity index (χ1) is 8.75. The SMILES string of the molecule is Cc1cc(C(=O)Nc2ccccc2)c2n1CCC2. The van der Waals surface area contributed by atoms with Crippen LogP contribution in [0, 0.1) is 6.92 Å². The van der Waals surface area contributed by atoms with Crippen LogP contribution in [0.2, 0.25) is 0 Å². The fourth-order valence-corrected chi connectivity index (χ4v) is 2.63. The number of para-hydroxylation sites is 1. The van der Waals surface area contributed by atoms with Crippen molar-refractivity contribution in [2.24, 2.45) is 0 Å². The molecule has 0 spiro atoms. The lowest BCUT2D eigenvalue weighted by Gasteiger charge is -2.05. The average Bonchev–Trinajstić information content (AvgIpc) is 2.95. The number of nitrogens with one attached hydrogen (secondary N) is 1. The van der Waals surface area contributed by atoms with E-state index in [2.05, 4.69) is 16.8 Å². The Hall–Kier alpha value is -2.03. The fourth-order valence-electron chi connectivity index (χ4n) is 2.63. The van der Waals surface area contributed by atoms with Crippen LogP contribution in [0.5, 0.6) is 0 Å². The normalized spacial score (nSPS) is 13.4. The molecule has 3 rings (SSSR count). The Morgan fingerprint density at radius 2 is 2.06 bits per heavy atom. The van der Waals surface area contributed by atoms with E-state index in [0.29, 0.717) is 0 Å². The molecule has 1 aromatic heterocycles. The molecule has 1 aliphatic heterocycles. The lowest BCUT2D eigenvalue weighted by molar-refractivity contribution is 0.102. The number of carbonyl (C=O) groups is 1. The summed E-state index contributed by atoms with van der Waals surface area (Å²) in [4.78, 5) is 12.3. The largest absolute Gasteiger partial charge is 0.348 e. The first-order valence-electron chi connectivity index (χ1n) is 6.31. The number of hydrogen-bond acceptors (Lipinski definition) is 1. The Bertz CT molecular complexity index is 584. The van der Waals surface area contributed by atoms with Crippen LogP contribution in [0.3, 0.4) is 0 Å². The van der Waals surface area contributed by atoms with Gasteiger partial charge in [-0.15, -0.1) is 0 Å². The number of fused-ring (bicyclic) bond motifs is 1. The topological polar surface area (TPSA) is 34.0 Å². The molecule has 1 amide bonds. The molecule has 3 nitrogen and oxygen atoms in total. The summed E-state index contributed by atoms with van der Waals surface area (Å²) in [6.45, 7) is 3.11. The lowest BCUT2D eigenvalue weighted by Crippen LogP contribution is -2.13. The molecule has 0 atom stereocenters. The maximum atomic E-state index is 12.3. The number of aryl methyl sites for hydroxylation is 1. The van der Waals surface area contributed by atoms with Gasteiger partial charge in [0.2, 0.25) is 0 Å². The Balaban J connectivity index is 1.88. The summed E-state index contributed by atoms with van der Waals surface area (Å²) in [7, 11) is 0. The highest BCUT2D eigenvalue weighted by Gasteiger charge is 2.21. The zero-order valence-corrected chi connectivity index (χ0v) is 10.4. The molecule has 1 N–H and O–H groups in total. The Kier molecular flexibility index (Phi) is 2.67. The van der Waals surface area contributed by atoms with Crippen LogP contribution in [0.1, 0.15) is 28.2 Å². The van der Waals surface area contributed by atoms with Gasteiger partial charge < -0.3 is 9.88 Å². The molecule has 0 aliphatic carbocycles. The van der Waals surface area contributed by atoms with E-state index in [9.17, 15) is 4.79 Å². The van der Waals surface area contributed by atoms with E-state index in [1.807, 2.05) is 36.4 Å². The van der Waals surface area contributed by atoms with Crippen LogP contribution in [0.25, 0.3) is 0 Å². The Morgan fingerprint density at radius 1 is 1.28 bits per heavy atom. The molecular weight excluding hydrogens is 224 g/mol. The van der Waals surface area contributed by atoms with Crippen molar-refractivity contribution in [3.63, 3.8) is 0 Å². The predicted octanol–water partition coefficient (Wildman–Crippen LogP) is 3.00. The van der Waals surface area contributed by atoms with Crippen LogP contribution in [0.15, 0.2) is 36.4 Å². The molecule has 3 heteroatoms. The maximum Gasteiger partial charge on any atom is 0.257 e. The third kappa shape index (κ3) is 1.82. The molecule has 0 fully saturated rings.